The number of nitrogen functional groups attached to an aromatic ring is 1. The summed E-state index contributed by atoms with van der Waals surface area (Å²) in [5.74, 6) is -0.0396. The minimum atomic E-state index is -0.265. The van der Waals surface area contributed by atoms with Gasteiger partial charge in [0.1, 0.15) is 11.0 Å². The summed E-state index contributed by atoms with van der Waals surface area (Å²) in [7, 11) is 1.62. The number of nitrogens with two attached hydrogens (primary N) is 1. The third-order valence-corrected chi connectivity index (χ3v) is 3.35. The number of hydrogen-bond acceptors (Lipinski definition) is 7. The number of carbonyl (C=O) groups excluding carboxylic acids is 1. The summed E-state index contributed by atoms with van der Waals surface area (Å²) in [6.07, 6.45) is 0. The molecule has 3 N–H and O–H groups in total. The topological polar surface area (TPSA) is 93.4 Å². The first kappa shape index (κ1) is 12.2. The van der Waals surface area contributed by atoms with Gasteiger partial charge in [-0.25, -0.2) is 0 Å². The van der Waals surface area contributed by atoms with Crippen LogP contribution < -0.4 is 11.1 Å². The van der Waals surface area contributed by atoms with Crippen LogP contribution in [0.25, 0.3) is 0 Å². The maximum absolute atomic E-state index is 11.7. The molecule has 1 atom stereocenters. The minimum Gasteiger partial charge on any atom is -0.378 e. The lowest BCUT2D eigenvalue weighted by molar-refractivity contribution is -0.132. The number of morpholine rings is 1. The average Bonchev–Trinajstić information content (AvgIpc) is 2.74. The Kier molecular flexibility index (Phi) is 3.87. The van der Waals surface area contributed by atoms with Gasteiger partial charge in [0.25, 0.3) is 0 Å². The summed E-state index contributed by atoms with van der Waals surface area (Å²) in [4.78, 5) is 13.7. The molecule has 0 bridgehead atoms. The Morgan fingerprint density at radius 3 is 3.18 bits per heavy atom. The van der Waals surface area contributed by atoms with Crippen LogP contribution in [0.4, 0.5) is 5.13 Å². The van der Waals surface area contributed by atoms with Gasteiger partial charge in [-0.15, -0.1) is 10.2 Å². The van der Waals surface area contributed by atoms with Gasteiger partial charge < -0.3 is 15.8 Å². The lowest BCUT2D eigenvalue weighted by Crippen LogP contribution is -2.52. The van der Waals surface area contributed by atoms with Crippen LogP contribution in [0.15, 0.2) is 0 Å². The smallest absolute Gasteiger partial charge is 0.239 e. The fourth-order valence-corrected chi connectivity index (χ4v) is 2.37. The van der Waals surface area contributed by atoms with Crippen molar-refractivity contribution in [2.24, 2.45) is 0 Å². The molecule has 7 nitrogen and oxygen atoms in total. The zero-order chi connectivity index (χ0) is 12.3. The van der Waals surface area contributed by atoms with E-state index in [1.165, 1.54) is 11.3 Å². The predicted octanol–water partition coefficient (Wildman–Crippen LogP) is -0.933. The van der Waals surface area contributed by atoms with E-state index in [1.807, 2.05) is 4.90 Å². The number of hydrogen-bond donors (Lipinski definition) is 2. The van der Waals surface area contributed by atoms with Crippen LogP contribution in [-0.2, 0) is 16.1 Å². The Morgan fingerprint density at radius 2 is 2.53 bits per heavy atom. The van der Waals surface area contributed by atoms with Gasteiger partial charge in [0.15, 0.2) is 0 Å². The van der Waals surface area contributed by atoms with E-state index in [-0.39, 0.29) is 11.9 Å². The van der Waals surface area contributed by atoms with Crippen molar-refractivity contribution in [3.8, 4) is 0 Å². The number of rotatable bonds is 3. The van der Waals surface area contributed by atoms with Crippen LogP contribution in [0.2, 0.25) is 0 Å². The number of likely N-dealkylation sites (N-methyl/N-ethyl adjacent to an activating group) is 1. The number of carbonyl (C=O) groups is 1. The molecule has 17 heavy (non-hydrogen) atoms. The van der Waals surface area contributed by atoms with E-state index in [9.17, 15) is 4.79 Å². The molecule has 1 aromatic heterocycles. The van der Waals surface area contributed by atoms with Crippen LogP contribution in [0.3, 0.4) is 0 Å². The second-order valence-corrected chi connectivity index (χ2v) is 4.80. The summed E-state index contributed by atoms with van der Waals surface area (Å²) in [6.45, 7) is 2.32. The summed E-state index contributed by atoms with van der Waals surface area (Å²) >= 11 is 1.34. The van der Waals surface area contributed by atoms with Crippen LogP contribution in [-0.4, -0.2) is 53.9 Å². The molecule has 8 heteroatoms. The van der Waals surface area contributed by atoms with Gasteiger partial charge in [0.05, 0.1) is 19.8 Å². The number of aromatic nitrogens is 2. The molecule has 0 spiro atoms. The molecule has 1 aliphatic rings. The van der Waals surface area contributed by atoms with Crippen molar-refractivity contribution in [1.29, 1.82) is 0 Å². The zero-order valence-corrected chi connectivity index (χ0v) is 10.4. The monoisotopic (exact) mass is 257 g/mol. The number of amides is 1. The second-order valence-electron chi connectivity index (χ2n) is 3.71. The van der Waals surface area contributed by atoms with E-state index in [0.717, 1.165) is 5.01 Å². The van der Waals surface area contributed by atoms with Crippen LogP contribution >= 0.6 is 11.3 Å². The molecule has 94 valence electrons. The van der Waals surface area contributed by atoms with Crippen LogP contribution in [0, 0.1) is 0 Å². The molecule has 0 aliphatic carbocycles. The first-order valence-electron chi connectivity index (χ1n) is 5.32. The molecule has 1 unspecified atom stereocenters. The van der Waals surface area contributed by atoms with Gasteiger partial charge in [-0.3, -0.25) is 9.69 Å². The van der Waals surface area contributed by atoms with Gasteiger partial charge in [-0.1, -0.05) is 11.3 Å². The van der Waals surface area contributed by atoms with E-state index in [2.05, 4.69) is 15.5 Å². The van der Waals surface area contributed by atoms with E-state index in [1.54, 1.807) is 7.05 Å². The molecule has 0 aromatic carbocycles. The van der Waals surface area contributed by atoms with Crippen molar-refractivity contribution in [2.75, 3.05) is 32.5 Å². The van der Waals surface area contributed by atoms with Crippen LogP contribution in [0.1, 0.15) is 5.01 Å². The lowest BCUT2D eigenvalue weighted by Gasteiger charge is -2.33. The molecular weight excluding hydrogens is 242 g/mol. The van der Waals surface area contributed by atoms with Crippen molar-refractivity contribution in [3.05, 3.63) is 5.01 Å². The number of anilines is 1. The Balaban J connectivity index is 2.03. The van der Waals surface area contributed by atoms with Gasteiger partial charge in [0.2, 0.25) is 11.0 Å². The van der Waals surface area contributed by atoms with E-state index < -0.39 is 0 Å². The molecular formula is C9H15N5O2S. The second kappa shape index (κ2) is 5.39. The highest BCUT2D eigenvalue weighted by molar-refractivity contribution is 7.15. The molecule has 0 saturated carbocycles. The molecule has 1 fully saturated rings. The summed E-state index contributed by atoms with van der Waals surface area (Å²) in [5, 5.41) is 11.6. The Bertz CT molecular complexity index is 396. The van der Waals surface area contributed by atoms with Gasteiger partial charge in [-0.05, 0) is 0 Å². The Labute approximate surface area is 103 Å². The van der Waals surface area contributed by atoms with Gasteiger partial charge in [0, 0.05) is 13.6 Å². The first-order chi connectivity index (χ1) is 8.20. The van der Waals surface area contributed by atoms with E-state index in [4.69, 9.17) is 10.5 Å². The maximum atomic E-state index is 11.7. The standard InChI is InChI=1S/C9H15N5O2S/c1-11-8(15)6-5-16-3-2-14(6)4-7-12-13-9(10)17-7/h6H,2-5H2,1H3,(H2,10,13)(H,11,15). The molecule has 1 aliphatic heterocycles. The highest BCUT2D eigenvalue weighted by Gasteiger charge is 2.29. The third-order valence-electron chi connectivity index (χ3n) is 2.61. The quantitative estimate of drug-likeness (QED) is 0.726. The highest BCUT2D eigenvalue weighted by atomic mass is 32.1. The highest BCUT2D eigenvalue weighted by Crippen LogP contribution is 2.16. The predicted molar refractivity (Wildman–Crippen MR) is 63.4 cm³/mol. The SMILES string of the molecule is CNC(=O)C1COCCN1Cc1nnc(N)s1. The van der Waals surface area contributed by atoms with E-state index >= 15 is 0 Å². The molecule has 2 heterocycles. The maximum Gasteiger partial charge on any atom is 0.239 e. The number of nitrogens with one attached hydrogen (secondary N) is 1. The molecule has 1 aromatic rings. The first-order valence-corrected chi connectivity index (χ1v) is 6.13. The van der Waals surface area contributed by atoms with Crippen molar-refractivity contribution < 1.29 is 9.53 Å². The van der Waals surface area contributed by atoms with Gasteiger partial charge >= 0.3 is 0 Å². The van der Waals surface area contributed by atoms with Crippen molar-refractivity contribution in [2.45, 2.75) is 12.6 Å². The van der Waals surface area contributed by atoms with E-state index in [0.29, 0.717) is 31.4 Å². The van der Waals surface area contributed by atoms with Crippen molar-refractivity contribution in [1.82, 2.24) is 20.4 Å². The largest absolute Gasteiger partial charge is 0.378 e. The molecule has 1 saturated heterocycles. The lowest BCUT2D eigenvalue weighted by atomic mass is 10.2. The minimum absolute atomic E-state index is 0.0396. The van der Waals surface area contributed by atoms with Crippen LogP contribution in [0.5, 0.6) is 0 Å². The fraction of sp³-hybridized carbons (Fsp3) is 0.667. The average molecular weight is 257 g/mol. The Morgan fingerprint density at radius 1 is 1.71 bits per heavy atom. The fourth-order valence-electron chi connectivity index (χ4n) is 1.74. The van der Waals surface area contributed by atoms with Crippen molar-refractivity contribution in [3.63, 3.8) is 0 Å². The number of nitrogens with zero attached hydrogens (tertiary/aromatic N) is 3. The Hall–Kier alpha value is -1.25. The number of ether oxygens (including phenoxy) is 1. The normalized spacial score (nSPS) is 21.4. The summed E-state index contributed by atoms with van der Waals surface area (Å²) in [6, 6.07) is -0.265. The van der Waals surface area contributed by atoms with Gasteiger partial charge in [-0.2, -0.15) is 0 Å². The molecule has 0 radical (unpaired) electrons. The zero-order valence-electron chi connectivity index (χ0n) is 9.55. The molecule has 1 amide bonds. The van der Waals surface area contributed by atoms with Crippen molar-refractivity contribution >= 4 is 22.4 Å². The summed E-state index contributed by atoms with van der Waals surface area (Å²) < 4.78 is 5.32. The molecule has 2 rings (SSSR count). The third kappa shape index (κ3) is 2.90. The summed E-state index contributed by atoms with van der Waals surface area (Å²) in [5.41, 5.74) is 5.53.